The molecule has 1 aromatic heterocycles. The highest BCUT2D eigenvalue weighted by molar-refractivity contribution is 9.10. The third-order valence-electron chi connectivity index (χ3n) is 6.16. The fourth-order valence-electron chi connectivity index (χ4n) is 3.79. The molecule has 0 bridgehead atoms. The van der Waals surface area contributed by atoms with Gasteiger partial charge in [0.25, 0.3) is 0 Å². The molecule has 2 heterocycles. The molecule has 1 saturated heterocycles. The molecule has 2 unspecified atom stereocenters. The van der Waals surface area contributed by atoms with Crippen molar-refractivity contribution in [3.63, 3.8) is 0 Å². The second kappa shape index (κ2) is 12.8. The number of aliphatic hydroxyl groups is 1. The van der Waals surface area contributed by atoms with Gasteiger partial charge in [0.15, 0.2) is 12.0 Å². The van der Waals surface area contributed by atoms with Crippen LogP contribution in [0.5, 0.6) is 5.75 Å². The molecule has 0 spiro atoms. The topological polar surface area (TPSA) is 166 Å². The number of alkyl halides is 2. The van der Waals surface area contributed by atoms with Gasteiger partial charge in [-0.25, -0.2) is 13.8 Å². The summed E-state index contributed by atoms with van der Waals surface area (Å²) in [7, 11) is -4.11. The number of nitrogens with one attached hydrogen (secondary N) is 1. The van der Waals surface area contributed by atoms with Crippen molar-refractivity contribution in [2.45, 2.75) is 56.6 Å². The molecule has 1 aliphatic heterocycles. The van der Waals surface area contributed by atoms with Crippen LogP contribution in [0.3, 0.4) is 0 Å². The first-order valence-corrected chi connectivity index (χ1v) is 14.5. The van der Waals surface area contributed by atoms with Gasteiger partial charge in [-0.2, -0.15) is 4.98 Å². The molecule has 39 heavy (non-hydrogen) atoms. The normalized spacial score (nSPS) is 25.1. The second-order valence-corrected chi connectivity index (χ2v) is 12.5. The minimum Gasteiger partial charge on any atom is -0.424 e. The number of aliphatic hydroxyl groups excluding tert-OH is 1. The number of rotatable bonds is 13. The maximum atomic E-state index is 15.5. The van der Waals surface area contributed by atoms with Gasteiger partial charge in [0.2, 0.25) is 4.58 Å². The fraction of sp³-hybridized carbons (Fsp3) is 0.500. The quantitative estimate of drug-likeness (QED) is 0.168. The molecule has 0 radical (unpaired) electrons. The molecule has 3 rings (SSSR count). The van der Waals surface area contributed by atoms with E-state index in [0.29, 0.717) is 12.0 Å². The summed E-state index contributed by atoms with van der Waals surface area (Å²) in [6.07, 6.45) is -3.66. The van der Waals surface area contributed by atoms with Crippen LogP contribution in [-0.2, 0) is 29.8 Å². The smallest absolute Gasteiger partial charge is 0.380 e. The molecule has 1 aliphatic rings. The molecule has 214 valence electrons. The number of hydrogen-bond donors (Lipinski definition) is 3. The van der Waals surface area contributed by atoms with Gasteiger partial charge >= 0.3 is 13.3 Å². The number of carbonyl (C=O) groups is 2. The summed E-state index contributed by atoms with van der Waals surface area (Å²) in [6.45, 7) is 3.71. The van der Waals surface area contributed by atoms with E-state index in [-0.39, 0.29) is 35.7 Å². The van der Waals surface area contributed by atoms with Crippen LogP contribution in [-0.4, -0.2) is 61.0 Å². The van der Waals surface area contributed by atoms with Gasteiger partial charge in [-0.15, -0.1) is 0 Å². The zero-order valence-corrected chi connectivity index (χ0v) is 23.9. The maximum absolute atomic E-state index is 15.5. The number of ketones is 2. The van der Waals surface area contributed by atoms with Crippen molar-refractivity contribution in [1.82, 2.24) is 9.55 Å². The molecule has 2 aromatic rings. The lowest BCUT2D eigenvalue weighted by atomic mass is 10.1. The van der Waals surface area contributed by atoms with Crippen molar-refractivity contribution in [2.24, 2.45) is 5.92 Å². The number of ether oxygens (including phenoxy) is 1. The zero-order chi connectivity index (χ0) is 29.0. The van der Waals surface area contributed by atoms with Crippen LogP contribution < -0.4 is 15.7 Å². The van der Waals surface area contributed by atoms with E-state index in [2.05, 4.69) is 20.9 Å². The van der Waals surface area contributed by atoms with E-state index < -0.39 is 48.8 Å². The number of anilines is 1. The first-order valence-electron chi connectivity index (χ1n) is 12.0. The van der Waals surface area contributed by atoms with Crippen LogP contribution in [0.4, 0.5) is 10.2 Å². The lowest BCUT2D eigenvalue weighted by Gasteiger charge is -2.25. The minimum absolute atomic E-state index is 0.0441. The summed E-state index contributed by atoms with van der Waals surface area (Å²) < 4.78 is 44.5. The number of para-hydroxylation sites is 1. The number of carbonyl (C=O) groups excluding carboxylic acids is 2. The number of benzene rings is 1. The highest BCUT2D eigenvalue weighted by Crippen LogP contribution is 2.52. The van der Waals surface area contributed by atoms with Crippen LogP contribution in [0.15, 0.2) is 41.3 Å². The highest BCUT2D eigenvalue weighted by atomic mass is 79.9. The standard InChI is InChI=1S/C24H30BrFN3O9P/c1-14(16(3)31)13-39(35,38-18-7-5-4-6-17(18)9-8-15(2)30)36-12-19-21(32)24(25,26)22(37-19)29-11-10-20(28-34)27-23(29)33/h4-7,10-11,14,19,21-22,32,34H,8-9,12-13H2,1-3H3,(H,27,28,33)/t14-,19-,21+,22-,24?,39?/m1/s1. The van der Waals surface area contributed by atoms with Crippen molar-refractivity contribution in [2.75, 3.05) is 18.2 Å². The molecule has 1 fully saturated rings. The SMILES string of the molecule is CC(=O)CCc1ccccc1OP(=O)(C[C@@H](C)C(C)=O)OC[C@H]1O[C@@H](n2ccc(NO)nc2=O)C(F)(Br)[C@H]1O. The van der Waals surface area contributed by atoms with Crippen LogP contribution >= 0.6 is 23.5 Å². The monoisotopic (exact) mass is 633 g/mol. The van der Waals surface area contributed by atoms with Gasteiger partial charge in [-0.05, 0) is 53.9 Å². The Morgan fingerprint density at radius 2 is 2.03 bits per heavy atom. The van der Waals surface area contributed by atoms with Crippen molar-refractivity contribution < 1.29 is 42.6 Å². The Morgan fingerprint density at radius 3 is 2.64 bits per heavy atom. The lowest BCUT2D eigenvalue weighted by Crippen LogP contribution is -2.40. The van der Waals surface area contributed by atoms with Crippen molar-refractivity contribution >= 4 is 40.9 Å². The first-order chi connectivity index (χ1) is 18.3. The van der Waals surface area contributed by atoms with Gasteiger partial charge in [0.1, 0.15) is 29.5 Å². The van der Waals surface area contributed by atoms with E-state index in [9.17, 15) is 24.1 Å². The molecule has 0 saturated carbocycles. The molecular formula is C24H30BrFN3O9P. The van der Waals surface area contributed by atoms with E-state index >= 15 is 4.39 Å². The number of Topliss-reactive ketones (excluding diaryl/α,β-unsaturated/α-hetero) is 2. The summed E-state index contributed by atoms with van der Waals surface area (Å²) >= 11 is 2.77. The van der Waals surface area contributed by atoms with Crippen molar-refractivity contribution in [3.05, 3.63) is 52.6 Å². The Balaban J connectivity index is 1.84. The summed E-state index contributed by atoms with van der Waals surface area (Å²) in [5.74, 6) is -1.02. The number of nitrogens with zero attached hydrogens (tertiary/aromatic N) is 2. The molecule has 1 aromatic carbocycles. The van der Waals surface area contributed by atoms with Gasteiger partial charge in [0, 0.05) is 18.5 Å². The average molecular weight is 634 g/mol. The second-order valence-electron chi connectivity index (χ2n) is 9.26. The Morgan fingerprint density at radius 1 is 1.33 bits per heavy atom. The third kappa shape index (κ3) is 7.59. The number of aromatic nitrogens is 2. The largest absolute Gasteiger partial charge is 0.424 e. The van der Waals surface area contributed by atoms with Crippen LogP contribution in [0, 0.1) is 5.92 Å². The number of aryl methyl sites for hydroxylation is 1. The third-order valence-corrected chi connectivity index (χ3v) is 9.03. The van der Waals surface area contributed by atoms with E-state index in [1.807, 2.05) is 0 Å². The molecule has 12 nitrogen and oxygen atoms in total. The van der Waals surface area contributed by atoms with Gasteiger partial charge in [-0.1, -0.05) is 25.1 Å². The predicted molar refractivity (Wildman–Crippen MR) is 141 cm³/mol. The van der Waals surface area contributed by atoms with Gasteiger partial charge < -0.3 is 19.2 Å². The lowest BCUT2D eigenvalue weighted by molar-refractivity contribution is -0.120. The Kier molecular flexibility index (Phi) is 10.2. The summed E-state index contributed by atoms with van der Waals surface area (Å²) in [5.41, 5.74) is 1.31. The average Bonchev–Trinajstić information content (AvgIpc) is 3.10. The maximum Gasteiger partial charge on any atom is 0.380 e. The molecule has 15 heteroatoms. The zero-order valence-electron chi connectivity index (χ0n) is 21.5. The Bertz CT molecular complexity index is 1310. The van der Waals surface area contributed by atoms with Crippen molar-refractivity contribution in [1.29, 1.82) is 0 Å². The molecule has 0 amide bonds. The molecule has 3 N–H and O–H groups in total. The Labute approximate surface area is 232 Å². The molecular weight excluding hydrogens is 604 g/mol. The predicted octanol–water partition coefficient (Wildman–Crippen LogP) is 3.40. The number of hydrogen-bond acceptors (Lipinski definition) is 11. The van der Waals surface area contributed by atoms with Gasteiger partial charge in [-0.3, -0.25) is 24.6 Å². The minimum atomic E-state index is -4.11. The van der Waals surface area contributed by atoms with E-state index in [1.54, 1.807) is 36.7 Å². The summed E-state index contributed by atoms with van der Waals surface area (Å²) in [6, 6.07) is 7.81. The van der Waals surface area contributed by atoms with Crippen LogP contribution in [0.1, 0.15) is 39.0 Å². The Hall–Kier alpha value is -2.48. The van der Waals surface area contributed by atoms with Crippen LogP contribution in [0.2, 0.25) is 0 Å². The van der Waals surface area contributed by atoms with E-state index in [0.717, 1.165) is 10.8 Å². The fourth-order valence-corrected chi connectivity index (χ4v) is 6.42. The summed E-state index contributed by atoms with van der Waals surface area (Å²) in [5, 5.41) is 19.6. The highest BCUT2D eigenvalue weighted by Gasteiger charge is 2.57. The summed E-state index contributed by atoms with van der Waals surface area (Å²) in [4.78, 5) is 39.3. The van der Waals surface area contributed by atoms with Gasteiger partial charge in [0.05, 0.1) is 12.8 Å². The van der Waals surface area contributed by atoms with E-state index in [4.69, 9.17) is 19.0 Å². The van der Waals surface area contributed by atoms with Crippen molar-refractivity contribution in [3.8, 4) is 5.75 Å². The van der Waals surface area contributed by atoms with Crippen LogP contribution in [0.25, 0.3) is 0 Å². The molecule has 6 atom stereocenters. The molecule has 0 aliphatic carbocycles. The van der Waals surface area contributed by atoms with E-state index in [1.165, 1.54) is 19.9 Å². The first kappa shape index (κ1) is 31.1. The number of halogens is 2.